The van der Waals surface area contributed by atoms with Crippen molar-refractivity contribution >= 4 is 45.7 Å². The Kier molecular flexibility index (Phi) is 9.16. The number of Topliss-reactive ketones (excluding diaryl/α,β-unsaturated/α-hetero) is 1. The Hall–Kier alpha value is -3.95. The van der Waals surface area contributed by atoms with Crippen molar-refractivity contribution in [2.24, 2.45) is 0 Å². The summed E-state index contributed by atoms with van der Waals surface area (Å²) in [6, 6.07) is 23.5. The number of hydrogen-bond donors (Lipinski definition) is 1. The molecule has 5 rings (SSSR count). The zero-order valence-electron chi connectivity index (χ0n) is 22.9. The van der Waals surface area contributed by atoms with Crippen LogP contribution in [-0.2, 0) is 15.3 Å². The van der Waals surface area contributed by atoms with Crippen LogP contribution in [0, 0.1) is 6.92 Å². The lowest BCUT2D eigenvalue weighted by Crippen LogP contribution is -2.29. The van der Waals surface area contributed by atoms with E-state index in [2.05, 4.69) is 41.4 Å². The molecule has 1 aliphatic heterocycles. The quantitative estimate of drug-likeness (QED) is 0.0492. The largest absolute Gasteiger partial charge is 0.507 e. The standard InChI is InChI=1S/C32H31N3O4S2/c1-3-4-8-19-39-25-17-15-23(16-18-25)27-26(28(36)24-9-6-5-7-10-24)29(37)30(38)35(27)31-33-34-32(41-31)40-20-22-13-11-21(2)12-14-22/h5-7,9-18,27,36H,3-4,8,19-20H2,1-2H3/b28-26-. The maximum atomic E-state index is 13.5. The van der Waals surface area contributed by atoms with Gasteiger partial charge < -0.3 is 9.84 Å². The van der Waals surface area contributed by atoms with Crippen LogP contribution in [0.3, 0.4) is 0 Å². The number of ketones is 1. The first-order valence-corrected chi connectivity index (χ1v) is 15.4. The molecule has 0 aliphatic carbocycles. The molecule has 9 heteroatoms. The second kappa shape index (κ2) is 13.1. The van der Waals surface area contributed by atoms with Gasteiger partial charge in [0.05, 0.1) is 18.2 Å². The predicted molar refractivity (Wildman–Crippen MR) is 163 cm³/mol. The van der Waals surface area contributed by atoms with Crippen LogP contribution in [0.4, 0.5) is 5.13 Å². The number of aliphatic hydroxyl groups excluding tert-OH is 1. The number of aromatic nitrogens is 2. The highest BCUT2D eigenvalue weighted by molar-refractivity contribution is 8.00. The molecule has 41 heavy (non-hydrogen) atoms. The molecule has 1 aliphatic rings. The fourth-order valence-corrected chi connectivity index (χ4v) is 6.40. The van der Waals surface area contributed by atoms with Gasteiger partial charge in [-0.1, -0.05) is 115 Å². The van der Waals surface area contributed by atoms with Crippen molar-refractivity contribution in [1.29, 1.82) is 0 Å². The molecule has 7 nitrogen and oxygen atoms in total. The number of hydrogen-bond acceptors (Lipinski definition) is 8. The van der Waals surface area contributed by atoms with Gasteiger partial charge in [-0.05, 0) is 36.6 Å². The molecule has 0 saturated carbocycles. The van der Waals surface area contributed by atoms with E-state index in [9.17, 15) is 14.7 Å². The molecule has 1 N–H and O–H groups in total. The first-order chi connectivity index (χ1) is 20.0. The number of benzene rings is 3. The van der Waals surface area contributed by atoms with Gasteiger partial charge in [-0.2, -0.15) is 0 Å². The fourth-order valence-electron chi connectivity index (χ4n) is 4.57. The average molecular weight is 586 g/mol. The molecule has 0 spiro atoms. The highest BCUT2D eigenvalue weighted by Crippen LogP contribution is 2.44. The highest BCUT2D eigenvalue weighted by Gasteiger charge is 2.48. The van der Waals surface area contributed by atoms with Crippen molar-refractivity contribution in [1.82, 2.24) is 10.2 Å². The number of thioether (sulfide) groups is 1. The van der Waals surface area contributed by atoms with E-state index in [4.69, 9.17) is 4.74 Å². The minimum atomic E-state index is -0.868. The molecule has 0 radical (unpaired) electrons. The van der Waals surface area contributed by atoms with Gasteiger partial charge >= 0.3 is 5.91 Å². The Bertz CT molecular complexity index is 1530. The SMILES string of the molecule is CCCCCOc1ccc(C2/C(=C(/O)c3ccccc3)C(=O)C(=O)N2c2nnc(SCc3ccc(C)cc3)s2)cc1. The maximum absolute atomic E-state index is 13.5. The van der Waals surface area contributed by atoms with Gasteiger partial charge in [-0.15, -0.1) is 10.2 Å². The molecule has 210 valence electrons. The van der Waals surface area contributed by atoms with Gasteiger partial charge in [0, 0.05) is 11.3 Å². The summed E-state index contributed by atoms with van der Waals surface area (Å²) in [7, 11) is 0. The second-order valence-electron chi connectivity index (χ2n) is 9.78. The number of amides is 1. The molecule has 1 amide bonds. The number of rotatable bonds is 11. The molecule has 1 atom stereocenters. The van der Waals surface area contributed by atoms with Crippen molar-refractivity contribution in [3.63, 3.8) is 0 Å². The van der Waals surface area contributed by atoms with Crippen LogP contribution in [-0.4, -0.2) is 33.6 Å². The summed E-state index contributed by atoms with van der Waals surface area (Å²) >= 11 is 2.77. The van der Waals surface area contributed by atoms with Gasteiger partial charge in [0.1, 0.15) is 11.5 Å². The van der Waals surface area contributed by atoms with Gasteiger partial charge in [0.25, 0.3) is 5.78 Å². The first kappa shape index (κ1) is 28.6. The molecule has 1 fully saturated rings. The normalized spacial score (nSPS) is 16.3. The molecule has 3 aromatic carbocycles. The minimum Gasteiger partial charge on any atom is -0.507 e. The number of ether oxygens (including phenoxy) is 1. The van der Waals surface area contributed by atoms with E-state index >= 15 is 0 Å². The lowest BCUT2D eigenvalue weighted by Gasteiger charge is -2.22. The third kappa shape index (κ3) is 6.52. The fraction of sp³-hybridized carbons (Fsp3) is 0.250. The summed E-state index contributed by atoms with van der Waals surface area (Å²) in [5, 5.41) is 20.2. The molecular formula is C32H31N3O4S2. The minimum absolute atomic E-state index is 0.0156. The predicted octanol–water partition coefficient (Wildman–Crippen LogP) is 7.33. The van der Waals surface area contributed by atoms with Crippen LogP contribution in [0.1, 0.15) is 54.5 Å². The third-order valence-electron chi connectivity index (χ3n) is 6.79. The molecule has 1 saturated heterocycles. The van der Waals surface area contributed by atoms with Crippen LogP contribution >= 0.6 is 23.1 Å². The van der Waals surface area contributed by atoms with E-state index in [1.807, 2.05) is 37.3 Å². The first-order valence-electron chi connectivity index (χ1n) is 13.6. The van der Waals surface area contributed by atoms with E-state index in [0.717, 1.165) is 24.8 Å². The summed E-state index contributed by atoms with van der Waals surface area (Å²) in [6.07, 6.45) is 3.18. The topological polar surface area (TPSA) is 92.6 Å². The zero-order chi connectivity index (χ0) is 28.8. The lowest BCUT2D eigenvalue weighted by molar-refractivity contribution is -0.132. The second-order valence-corrected chi connectivity index (χ2v) is 12.0. The summed E-state index contributed by atoms with van der Waals surface area (Å²) in [4.78, 5) is 28.2. The van der Waals surface area contributed by atoms with Gasteiger partial charge in [0.15, 0.2) is 4.34 Å². The number of nitrogens with zero attached hydrogens (tertiary/aromatic N) is 3. The number of carbonyl (C=O) groups excluding carboxylic acids is 2. The number of unbranched alkanes of at least 4 members (excludes halogenated alkanes) is 2. The van der Waals surface area contributed by atoms with Crippen LogP contribution in [0.5, 0.6) is 5.75 Å². The lowest BCUT2D eigenvalue weighted by atomic mass is 9.95. The summed E-state index contributed by atoms with van der Waals surface area (Å²) in [6.45, 7) is 4.81. The van der Waals surface area contributed by atoms with Gasteiger partial charge in [-0.25, -0.2) is 0 Å². The van der Waals surface area contributed by atoms with E-state index in [-0.39, 0.29) is 11.3 Å². The number of anilines is 1. The van der Waals surface area contributed by atoms with Crippen LogP contribution < -0.4 is 9.64 Å². The Morgan fingerprint density at radius 3 is 2.41 bits per heavy atom. The molecule has 2 heterocycles. The van der Waals surface area contributed by atoms with E-state index in [0.29, 0.717) is 38.7 Å². The Balaban J connectivity index is 1.47. The summed E-state index contributed by atoms with van der Waals surface area (Å²) in [5.41, 5.74) is 3.48. The average Bonchev–Trinajstić information content (AvgIpc) is 3.57. The number of aliphatic hydroxyl groups is 1. The van der Waals surface area contributed by atoms with Crippen molar-refractivity contribution in [3.8, 4) is 5.75 Å². The van der Waals surface area contributed by atoms with Crippen molar-refractivity contribution < 1.29 is 19.4 Å². The smallest absolute Gasteiger partial charge is 0.301 e. The molecule has 4 aromatic rings. The van der Waals surface area contributed by atoms with Crippen molar-refractivity contribution in [2.45, 2.75) is 49.2 Å². The van der Waals surface area contributed by atoms with E-state index in [1.165, 1.54) is 33.6 Å². The van der Waals surface area contributed by atoms with Crippen LogP contribution in [0.2, 0.25) is 0 Å². The molecule has 1 unspecified atom stereocenters. The monoisotopic (exact) mass is 585 g/mol. The van der Waals surface area contributed by atoms with E-state index < -0.39 is 17.7 Å². The zero-order valence-corrected chi connectivity index (χ0v) is 24.6. The van der Waals surface area contributed by atoms with Crippen LogP contribution in [0.25, 0.3) is 5.76 Å². The summed E-state index contributed by atoms with van der Waals surface area (Å²) in [5.74, 6) is -0.338. The Morgan fingerprint density at radius 2 is 1.71 bits per heavy atom. The molecule has 0 bridgehead atoms. The third-order valence-corrected chi connectivity index (χ3v) is 8.92. The highest BCUT2D eigenvalue weighted by atomic mass is 32.2. The van der Waals surface area contributed by atoms with E-state index in [1.54, 1.807) is 24.3 Å². The van der Waals surface area contributed by atoms with Gasteiger partial charge in [-0.3, -0.25) is 14.5 Å². The Labute approximate surface area is 247 Å². The van der Waals surface area contributed by atoms with Crippen molar-refractivity contribution in [3.05, 3.63) is 107 Å². The van der Waals surface area contributed by atoms with Crippen molar-refractivity contribution in [2.75, 3.05) is 11.5 Å². The Morgan fingerprint density at radius 1 is 0.976 bits per heavy atom. The number of carbonyl (C=O) groups is 2. The summed E-state index contributed by atoms with van der Waals surface area (Å²) < 4.78 is 6.54. The maximum Gasteiger partial charge on any atom is 0.301 e. The number of aryl methyl sites for hydroxylation is 1. The molecular weight excluding hydrogens is 555 g/mol. The molecule has 1 aromatic heterocycles. The van der Waals surface area contributed by atoms with Crippen LogP contribution in [0.15, 0.2) is 88.8 Å². The van der Waals surface area contributed by atoms with Gasteiger partial charge in [0.2, 0.25) is 5.13 Å².